The van der Waals surface area contributed by atoms with E-state index < -0.39 is 0 Å². The molecule has 22 heavy (non-hydrogen) atoms. The summed E-state index contributed by atoms with van der Waals surface area (Å²) in [6.45, 7) is 17.7. The number of hydrogen-bond donors (Lipinski definition) is 0. The number of rotatable bonds is 9. The summed E-state index contributed by atoms with van der Waals surface area (Å²) in [5, 5.41) is 8.58. The minimum absolute atomic E-state index is 0.105. The van der Waals surface area contributed by atoms with Crippen molar-refractivity contribution in [1.29, 1.82) is 0 Å². The summed E-state index contributed by atoms with van der Waals surface area (Å²) in [6.07, 6.45) is 3.04. The first-order valence-corrected chi connectivity index (χ1v) is 8.28. The predicted octanol–water partition coefficient (Wildman–Crippen LogP) is 3.35. The van der Waals surface area contributed by atoms with E-state index in [1.807, 2.05) is 11.6 Å². The zero-order chi connectivity index (χ0) is 17.0. The Hall–Kier alpha value is -0.940. The molecule has 0 N–H and O–H groups in total. The van der Waals surface area contributed by atoms with E-state index in [2.05, 4.69) is 70.0 Å². The number of hydrogen-bond acceptors (Lipinski definition) is 4. The van der Waals surface area contributed by atoms with Gasteiger partial charge in [0.25, 0.3) is 0 Å². The second-order valence-electron chi connectivity index (χ2n) is 7.95. The van der Waals surface area contributed by atoms with Gasteiger partial charge in [0.2, 0.25) is 0 Å². The molecule has 0 unspecified atom stereocenters. The summed E-state index contributed by atoms with van der Waals surface area (Å²) in [5.74, 6) is 0. The first-order valence-electron chi connectivity index (χ1n) is 8.28. The van der Waals surface area contributed by atoms with Crippen molar-refractivity contribution in [2.75, 3.05) is 13.7 Å². The molecule has 1 aromatic heterocycles. The molecule has 0 aliphatic carbocycles. The lowest BCUT2D eigenvalue weighted by atomic mass is 9.81. The van der Waals surface area contributed by atoms with Crippen LogP contribution in [0.5, 0.6) is 0 Å². The topological polar surface area (TPSA) is 43.2 Å². The normalized spacial score (nSPS) is 13.4. The highest BCUT2D eigenvalue weighted by Crippen LogP contribution is 2.31. The molecule has 0 amide bonds. The van der Waals surface area contributed by atoms with E-state index in [4.69, 9.17) is 4.74 Å². The highest BCUT2D eigenvalue weighted by molar-refractivity contribution is 4.93. The largest absolute Gasteiger partial charge is 0.376 e. The molecule has 0 saturated heterocycles. The second-order valence-corrected chi connectivity index (χ2v) is 7.95. The van der Waals surface area contributed by atoms with Gasteiger partial charge in [-0.1, -0.05) is 19.1 Å². The maximum absolute atomic E-state index is 5.84. The van der Waals surface area contributed by atoms with Gasteiger partial charge in [-0.3, -0.25) is 9.58 Å². The van der Waals surface area contributed by atoms with Gasteiger partial charge in [0.15, 0.2) is 0 Å². The Kier molecular flexibility index (Phi) is 6.56. The van der Waals surface area contributed by atoms with Crippen molar-refractivity contribution in [1.82, 2.24) is 19.9 Å². The summed E-state index contributed by atoms with van der Waals surface area (Å²) >= 11 is 0. The summed E-state index contributed by atoms with van der Waals surface area (Å²) in [6, 6.07) is 0.508. The molecule has 0 aliphatic rings. The van der Waals surface area contributed by atoms with Crippen LogP contribution in [0.1, 0.15) is 60.6 Å². The fraction of sp³-hybridized carbons (Fsp3) is 0.882. The third-order valence-electron chi connectivity index (χ3n) is 3.91. The molecule has 128 valence electrons. The number of nitrogens with zero attached hydrogens (tertiary/aromatic N) is 4. The van der Waals surface area contributed by atoms with Gasteiger partial charge in [-0.05, 0) is 53.5 Å². The zero-order valence-electron chi connectivity index (χ0n) is 15.7. The highest BCUT2D eigenvalue weighted by Gasteiger charge is 2.30. The van der Waals surface area contributed by atoms with E-state index in [1.54, 1.807) is 0 Å². The predicted molar refractivity (Wildman–Crippen MR) is 90.7 cm³/mol. The zero-order valence-corrected chi connectivity index (χ0v) is 15.7. The molecule has 0 atom stereocenters. The Morgan fingerprint density at radius 2 is 1.91 bits per heavy atom. The maximum Gasteiger partial charge on any atom is 0.0967 e. The second kappa shape index (κ2) is 7.55. The minimum Gasteiger partial charge on any atom is -0.376 e. The van der Waals surface area contributed by atoms with Crippen molar-refractivity contribution in [3.63, 3.8) is 0 Å². The average molecular weight is 310 g/mol. The van der Waals surface area contributed by atoms with E-state index >= 15 is 0 Å². The van der Waals surface area contributed by atoms with E-state index in [-0.39, 0.29) is 11.0 Å². The Morgan fingerprint density at radius 3 is 2.45 bits per heavy atom. The first kappa shape index (κ1) is 19.1. The van der Waals surface area contributed by atoms with E-state index in [9.17, 15) is 0 Å². The molecular formula is C17H34N4O. The minimum atomic E-state index is -0.112. The van der Waals surface area contributed by atoms with Gasteiger partial charge >= 0.3 is 0 Å². The summed E-state index contributed by atoms with van der Waals surface area (Å²) in [5.41, 5.74) is 1.02. The number of ether oxygens (including phenoxy) is 1. The fourth-order valence-corrected chi connectivity index (χ4v) is 3.02. The maximum atomic E-state index is 5.84. The molecule has 0 fully saturated rings. The Labute approximate surface area is 136 Å². The Balaban J connectivity index is 2.64. The molecule has 1 heterocycles. The van der Waals surface area contributed by atoms with Crippen molar-refractivity contribution in [2.24, 2.45) is 5.41 Å². The van der Waals surface area contributed by atoms with Gasteiger partial charge in [-0.25, -0.2) is 0 Å². The van der Waals surface area contributed by atoms with Crippen LogP contribution in [0.25, 0.3) is 0 Å². The molecule has 0 spiro atoms. The SMILES string of the molecule is CCOC(C)(C)CC(C)(C)Cn1cc(CN(C)C(C)C)nn1. The smallest absolute Gasteiger partial charge is 0.0967 e. The van der Waals surface area contributed by atoms with E-state index in [0.29, 0.717) is 6.04 Å². The highest BCUT2D eigenvalue weighted by atomic mass is 16.5. The molecule has 0 saturated carbocycles. The summed E-state index contributed by atoms with van der Waals surface area (Å²) < 4.78 is 7.80. The van der Waals surface area contributed by atoms with Gasteiger partial charge in [0, 0.05) is 31.9 Å². The van der Waals surface area contributed by atoms with Crippen LogP contribution in [0.3, 0.4) is 0 Å². The third kappa shape index (κ3) is 6.44. The van der Waals surface area contributed by atoms with Crippen LogP contribution in [-0.4, -0.2) is 45.2 Å². The quantitative estimate of drug-likeness (QED) is 0.701. The van der Waals surface area contributed by atoms with Crippen LogP contribution in [0.4, 0.5) is 0 Å². The van der Waals surface area contributed by atoms with E-state index in [1.165, 1.54) is 0 Å². The molecule has 0 aliphatic heterocycles. The lowest BCUT2D eigenvalue weighted by Gasteiger charge is -2.34. The standard InChI is InChI=1S/C17H34N4O/c1-9-22-17(6,7)12-16(4,5)13-21-11-15(18-19-21)10-20(8)14(2)3/h11,14H,9-10,12-13H2,1-8H3. The third-order valence-corrected chi connectivity index (χ3v) is 3.91. The van der Waals surface area contributed by atoms with Crippen LogP contribution in [0, 0.1) is 5.41 Å². The fourth-order valence-electron chi connectivity index (χ4n) is 3.02. The van der Waals surface area contributed by atoms with Crippen LogP contribution < -0.4 is 0 Å². The van der Waals surface area contributed by atoms with E-state index in [0.717, 1.165) is 31.8 Å². The van der Waals surface area contributed by atoms with Crippen molar-refractivity contribution in [3.05, 3.63) is 11.9 Å². The molecule has 0 aromatic carbocycles. The van der Waals surface area contributed by atoms with Gasteiger partial charge in [0.1, 0.15) is 0 Å². The van der Waals surface area contributed by atoms with Gasteiger partial charge in [-0.15, -0.1) is 5.10 Å². The van der Waals surface area contributed by atoms with Crippen molar-refractivity contribution < 1.29 is 4.74 Å². The van der Waals surface area contributed by atoms with Crippen molar-refractivity contribution in [2.45, 2.75) is 79.6 Å². The summed E-state index contributed by atoms with van der Waals surface area (Å²) in [7, 11) is 2.11. The van der Waals surface area contributed by atoms with Gasteiger partial charge < -0.3 is 4.74 Å². The molecular weight excluding hydrogens is 276 g/mol. The molecule has 1 rings (SSSR count). The Bertz CT molecular complexity index is 451. The van der Waals surface area contributed by atoms with Crippen molar-refractivity contribution in [3.8, 4) is 0 Å². The van der Waals surface area contributed by atoms with Gasteiger partial charge in [-0.2, -0.15) is 0 Å². The molecule has 0 radical (unpaired) electrons. The van der Waals surface area contributed by atoms with Crippen LogP contribution in [0.2, 0.25) is 0 Å². The average Bonchev–Trinajstić information content (AvgIpc) is 2.73. The molecule has 1 aromatic rings. The molecule has 5 heteroatoms. The van der Waals surface area contributed by atoms with Crippen molar-refractivity contribution >= 4 is 0 Å². The lowest BCUT2D eigenvalue weighted by molar-refractivity contribution is -0.0429. The number of aromatic nitrogens is 3. The van der Waals surface area contributed by atoms with Crippen LogP contribution in [0.15, 0.2) is 6.20 Å². The molecule has 5 nitrogen and oxygen atoms in total. The first-order chi connectivity index (χ1) is 10.0. The Morgan fingerprint density at radius 1 is 1.27 bits per heavy atom. The van der Waals surface area contributed by atoms with Crippen LogP contribution in [-0.2, 0) is 17.8 Å². The molecule has 0 bridgehead atoms. The summed E-state index contributed by atoms with van der Waals surface area (Å²) in [4.78, 5) is 2.26. The monoisotopic (exact) mass is 310 g/mol. The van der Waals surface area contributed by atoms with Crippen LogP contribution >= 0.6 is 0 Å². The lowest BCUT2D eigenvalue weighted by Crippen LogP contribution is -2.34. The van der Waals surface area contributed by atoms with Gasteiger partial charge in [0.05, 0.1) is 11.3 Å².